The van der Waals surface area contributed by atoms with Crippen LogP contribution in [0.15, 0.2) is 23.1 Å². The summed E-state index contributed by atoms with van der Waals surface area (Å²) in [7, 11) is -3.56. The van der Waals surface area contributed by atoms with E-state index in [2.05, 4.69) is 10.0 Å². The van der Waals surface area contributed by atoms with Gasteiger partial charge in [0.1, 0.15) is 0 Å². The topological polar surface area (TPSA) is 84.5 Å². The van der Waals surface area contributed by atoms with Crippen LogP contribution in [0.1, 0.15) is 25.3 Å². The number of amides is 1. The minimum atomic E-state index is -3.56. The highest BCUT2D eigenvalue weighted by Gasteiger charge is 2.20. The Morgan fingerprint density at radius 1 is 1.43 bits per heavy atom. The van der Waals surface area contributed by atoms with Crippen molar-refractivity contribution in [3.63, 3.8) is 0 Å². The predicted octanol–water partition coefficient (Wildman–Crippen LogP) is 1.41. The maximum absolute atomic E-state index is 12.2. The van der Waals surface area contributed by atoms with E-state index in [1.807, 2.05) is 0 Å². The molecule has 116 valence electrons. The lowest BCUT2D eigenvalue weighted by Crippen LogP contribution is -2.31. The first-order valence-electron chi connectivity index (χ1n) is 6.88. The van der Waals surface area contributed by atoms with Gasteiger partial charge in [-0.1, -0.05) is 0 Å². The lowest BCUT2D eigenvalue weighted by molar-refractivity contribution is -0.114. The third kappa shape index (κ3) is 4.26. The summed E-state index contributed by atoms with van der Waals surface area (Å²) in [5.74, 6) is -0.190. The van der Waals surface area contributed by atoms with Crippen molar-refractivity contribution in [1.29, 1.82) is 0 Å². The third-order valence-corrected chi connectivity index (χ3v) is 4.77. The minimum Gasteiger partial charge on any atom is -0.377 e. The SMILES string of the molecule is CC(=O)Nc1ccc(S(=O)(=O)NCC2CCCO2)cc1C. The molecular formula is C14H20N2O4S. The Balaban J connectivity index is 2.08. The summed E-state index contributed by atoms with van der Waals surface area (Å²) in [4.78, 5) is 11.2. The van der Waals surface area contributed by atoms with Gasteiger partial charge in [-0.2, -0.15) is 0 Å². The molecule has 0 bridgehead atoms. The average molecular weight is 312 g/mol. The van der Waals surface area contributed by atoms with Crippen LogP contribution in [0.25, 0.3) is 0 Å². The van der Waals surface area contributed by atoms with Crippen LogP contribution < -0.4 is 10.0 Å². The van der Waals surface area contributed by atoms with E-state index in [0.717, 1.165) is 12.8 Å². The zero-order chi connectivity index (χ0) is 15.5. The van der Waals surface area contributed by atoms with Crippen LogP contribution in [-0.4, -0.2) is 33.6 Å². The second kappa shape index (κ2) is 6.55. The van der Waals surface area contributed by atoms with Gasteiger partial charge in [0.05, 0.1) is 11.0 Å². The molecule has 1 amide bonds. The number of benzene rings is 1. The first-order valence-corrected chi connectivity index (χ1v) is 8.36. The third-order valence-electron chi connectivity index (χ3n) is 3.34. The Labute approximate surface area is 124 Å². The van der Waals surface area contributed by atoms with E-state index in [1.165, 1.54) is 13.0 Å². The summed E-state index contributed by atoms with van der Waals surface area (Å²) in [5.41, 5.74) is 1.31. The van der Waals surface area contributed by atoms with Gasteiger partial charge in [0.25, 0.3) is 0 Å². The van der Waals surface area contributed by atoms with Crippen molar-refractivity contribution in [3.05, 3.63) is 23.8 Å². The molecular weight excluding hydrogens is 292 g/mol. The van der Waals surface area contributed by atoms with Crippen LogP contribution >= 0.6 is 0 Å². The molecule has 21 heavy (non-hydrogen) atoms. The second-order valence-corrected chi connectivity index (χ2v) is 6.91. The van der Waals surface area contributed by atoms with Crippen LogP contribution in [0.4, 0.5) is 5.69 Å². The lowest BCUT2D eigenvalue weighted by Gasteiger charge is -2.13. The van der Waals surface area contributed by atoms with E-state index in [1.54, 1.807) is 19.1 Å². The normalized spacial score (nSPS) is 18.7. The van der Waals surface area contributed by atoms with E-state index < -0.39 is 10.0 Å². The van der Waals surface area contributed by atoms with Gasteiger partial charge in [-0.15, -0.1) is 0 Å². The maximum atomic E-state index is 12.2. The van der Waals surface area contributed by atoms with Gasteiger partial charge < -0.3 is 10.1 Å². The molecule has 1 aromatic rings. The average Bonchev–Trinajstić information content (AvgIpc) is 2.91. The number of sulfonamides is 1. The zero-order valence-corrected chi connectivity index (χ0v) is 13.0. The van der Waals surface area contributed by atoms with E-state index in [9.17, 15) is 13.2 Å². The molecule has 1 atom stereocenters. The largest absolute Gasteiger partial charge is 0.377 e. The Hall–Kier alpha value is -1.44. The molecule has 2 rings (SSSR count). The van der Waals surface area contributed by atoms with E-state index in [0.29, 0.717) is 17.9 Å². The minimum absolute atomic E-state index is 0.0421. The highest BCUT2D eigenvalue weighted by atomic mass is 32.2. The molecule has 1 aliphatic heterocycles. The van der Waals surface area contributed by atoms with E-state index in [-0.39, 0.29) is 23.5 Å². The second-order valence-electron chi connectivity index (χ2n) is 5.14. The molecule has 2 N–H and O–H groups in total. The van der Waals surface area contributed by atoms with Crippen LogP contribution in [0.5, 0.6) is 0 Å². The number of nitrogens with one attached hydrogen (secondary N) is 2. The fourth-order valence-corrected chi connectivity index (χ4v) is 3.38. The Morgan fingerprint density at radius 2 is 2.19 bits per heavy atom. The molecule has 1 aliphatic rings. The summed E-state index contributed by atoms with van der Waals surface area (Å²) in [6.07, 6.45) is 1.81. The fraction of sp³-hybridized carbons (Fsp3) is 0.500. The van der Waals surface area contributed by atoms with Gasteiger partial charge in [-0.3, -0.25) is 4.79 Å². The molecule has 6 nitrogen and oxygen atoms in total. The number of rotatable bonds is 5. The monoisotopic (exact) mass is 312 g/mol. The van der Waals surface area contributed by atoms with Gasteiger partial charge in [0, 0.05) is 25.8 Å². The molecule has 0 spiro atoms. The molecule has 1 fully saturated rings. The van der Waals surface area contributed by atoms with Crippen molar-refractivity contribution in [3.8, 4) is 0 Å². The molecule has 1 aromatic carbocycles. The molecule has 1 heterocycles. The first-order chi connectivity index (χ1) is 9.88. The molecule has 1 unspecified atom stereocenters. The zero-order valence-electron chi connectivity index (χ0n) is 12.2. The Kier molecular flexibility index (Phi) is 4.97. The number of carbonyl (C=O) groups is 1. The van der Waals surface area contributed by atoms with Gasteiger partial charge in [0.15, 0.2) is 0 Å². The number of anilines is 1. The van der Waals surface area contributed by atoms with Gasteiger partial charge in [0.2, 0.25) is 15.9 Å². The number of hydrogen-bond donors (Lipinski definition) is 2. The van der Waals surface area contributed by atoms with Crippen molar-refractivity contribution in [2.45, 2.75) is 37.7 Å². The van der Waals surface area contributed by atoms with Gasteiger partial charge >= 0.3 is 0 Å². The predicted molar refractivity (Wildman–Crippen MR) is 79.6 cm³/mol. The smallest absolute Gasteiger partial charge is 0.240 e. The van der Waals surface area contributed by atoms with E-state index >= 15 is 0 Å². The molecule has 0 radical (unpaired) electrons. The molecule has 0 aliphatic carbocycles. The van der Waals surface area contributed by atoms with Crippen molar-refractivity contribution >= 4 is 21.6 Å². The Morgan fingerprint density at radius 3 is 2.76 bits per heavy atom. The Bertz CT molecular complexity index is 622. The molecule has 7 heteroatoms. The van der Waals surface area contributed by atoms with Crippen molar-refractivity contribution in [2.75, 3.05) is 18.5 Å². The van der Waals surface area contributed by atoms with Crippen LogP contribution in [0, 0.1) is 6.92 Å². The molecule has 1 saturated heterocycles. The first kappa shape index (κ1) is 15.9. The van der Waals surface area contributed by atoms with E-state index in [4.69, 9.17) is 4.74 Å². The number of hydrogen-bond acceptors (Lipinski definition) is 4. The van der Waals surface area contributed by atoms with Crippen LogP contribution in [-0.2, 0) is 19.6 Å². The summed E-state index contributed by atoms with van der Waals surface area (Å²) in [6.45, 7) is 4.14. The number of ether oxygens (including phenoxy) is 1. The van der Waals surface area contributed by atoms with Crippen LogP contribution in [0.3, 0.4) is 0 Å². The van der Waals surface area contributed by atoms with Gasteiger partial charge in [-0.25, -0.2) is 13.1 Å². The fourth-order valence-electron chi connectivity index (χ4n) is 2.22. The summed E-state index contributed by atoms with van der Waals surface area (Å²) >= 11 is 0. The number of aryl methyl sites for hydroxylation is 1. The van der Waals surface area contributed by atoms with Gasteiger partial charge in [-0.05, 0) is 43.5 Å². The van der Waals surface area contributed by atoms with Crippen molar-refractivity contribution in [2.24, 2.45) is 0 Å². The number of carbonyl (C=O) groups excluding carboxylic acids is 1. The highest BCUT2D eigenvalue weighted by Crippen LogP contribution is 2.20. The summed E-state index contributed by atoms with van der Waals surface area (Å²) in [5, 5.41) is 2.65. The lowest BCUT2D eigenvalue weighted by atomic mass is 10.2. The van der Waals surface area contributed by atoms with Crippen molar-refractivity contribution in [1.82, 2.24) is 4.72 Å². The highest BCUT2D eigenvalue weighted by molar-refractivity contribution is 7.89. The van der Waals surface area contributed by atoms with Crippen LogP contribution in [0.2, 0.25) is 0 Å². The summed E-state index contributed by atoms with van der Waals surface area (Å²) < 4.78 is 32.4. The van der Waals surface area contributed by atoms with Crippen molar-refractivity contribution < 1.29 is 17.9 Å². The quantitative estimate of drug-likeness (QED) is 0.861. The standard InChI is InChI=1S/C14H20N2O4S/c1-10-8-13(5-6-14(10)16-11(2)17)21(18,19)15-9-12-4-3-7-20-12/h5-6,8,12,15H,3-4,7,9H2,1-2H3,(H,16,17). The molecule has 0 saturated carbocycles. The summed E-state index contributed by atoms with van der Waals surface area (Å²) in [6, 6.07) is 4.62. The molecule has 0 aromatic heterocycles. The maximum Gasteiger partial charge on any atom is 0.240 e.